The van der Waals surface area contributed by atoms with E-state index < -0.39 is 0 Å². The summed E-state index contributed by atoms with van der Waals surface area (Å²) in [5, 5.41) is 0. The van der Waals surface area contributed by atoms with Gasteiger partial charge in [-0.1, -0.05) is 72.8 Å². The van der Waals surface area contributed by atoms with Crippen LogP contribution in [0.25, 0.3) is 0 Å². The van der Waals surface area contributed by atoms with Gasteiger partial charge in [0.25, 0.3) is 0 Å². The molecule has 57 heavy (non-hydrogen) atoms. The predicted molar refractivity (Wildman–Crippen MR) is 221 cm³/mol. The predicted octanol–water partition coefficient (Wildman–Crippen LogP) is 13.4. The molecule has 0 aliphatic heterocycles. The van der Waals surface area contributed by atoms with Crippen LogP contribution >= 0.6 is 0 Å². The van der Waals surface area contributed by atoms with Crippen LogP contribution in [0.4, 0.5) is 11.4 Å². The Morgan fingerprint density at radius 2 is 0.421 bits per heavy atom. The Labute approximate surface area is 329 Å². The molecule has 8 rings (SSSR count). The molecule has 0 aliphatic carbocycles. The molecule has 0 spiro atoms. The van der Waals surface area contributed by atoms with E-state index in [-0.39, 0.29) is 0 Å². The van der Waals surface area contributed by atoms with Crippen LogP contribution in [-0.2, 0) is 0 Å². The van der Waals surface area contributed by atoms with E-state index >= 15 is 0 Å². The zero-order chi connectivity index (χ0) is 38.8. The third kappa shape index (κ3) is 9.37. The van der Waals surface area contributed by atoms with E-state index in [1.807, 2.05) is 158 Å². The molecule has 0 saturated heterocycles. The molecule has 9 nitrogen and oxygen atoms in total. The number of nitrogen functional groups attached to an aromatic ring is 2. The van der Waals surface area contributed by atoms with Crippen molar-refractivity contribution in [2.75, 3.05) is 11.5 Å². The molecule has 0 unspecified atom stereocenters. The normalized spacial score (nSPS) is 10.6. The highest BCUT2D eigenvalue weighted by Gasteiger charge is 2.14. The van der Waals surface area contributed by atoms with Crippen molar-refractivity contribution in [2.45, 2.75) is 0 Å². The van der Waals surface area contributed by atoms with Crippen molar-refractivity contribution in [2.24, 2.45) is 0 Å². The Kier molecular flexibility index (Phi) is 10.7. The molecule has 4 N–H and O–H groups in total. The average molecular weight is 753 g/mol. The second kappa shape index (κ2) is 17.0. The van der Waals surface area contributed by atoms with E-state index in [0.717, 1.165) is 0 Å². The highest BCUT2D eigenvalue weighted by molar-refractivity contribution is 5.53. The number of nitrogens with two attached hydrogens (primary N) is 2. The van der Waals surface area contributed by atoms with Gasteiger partial charge in [0.05, 0.1) is 0 Å². The van der Waals surface area contributed by atoms with Gasteiger partial charge < -0.3 is 44.6 Å². The van der Waals surface area contributed by atoms with Crippen LogP contribution in [0.3, 0.4) is 0 Å². The molecule has 280 valence electrons. The Balaban J connectivity index is 0.961. The molecule has 9 heteroatoms. The minimum atomic E-state index is 0.481. The first kappa shape index (κ1) is 36.0. The minimum absolute atomic E-state index is 0.481. The van der Waals surface area contributed by atoms with Gasteiger partial charge in [-0.05, 0) is 97.1 Å². The van der Waals surface area contributed by atoms with Crippen LogP contribution < -0.4 is 44.6 Å². The van der Waals surface area contributed by atoms with Gasteiger partial charge in [-0.2, -0.15) is 0 Å². The Morgan fingerprint density at radius 3 is 0.667 bits per heavy atom. The maximum absolute atomic E-state index is 6.43. The SMILES string of the molecule is Nc1cccc(Oc2ccccc2Oc2cccc(Oc3ccccc3Oc3ccccc3Oc3cccc(Oc4ccccc4Oc4cccc(N)c4)c3)c2)c1. The molecular formula is C48H36N2O7. The summed E-state index contributed by atoms with van der Waals surface area (Å²) in [6.07, 6.45) is 0. The van der Waals surface area contributed by atoms with Crippen LogP contribution in [0.2, 0.25) is 0 Å². The van der Waals surface area contributed by atoms with Gasteiger partial charge in [0.15, 0.2) is 46.0 Å². The molecule has 0 heterocycles. The lowest BCUT2D eigenvalue weighted by atomic mass is 10.2. The fourth-order valence-electron chi connectivity index (χ4n) is 5.71. The third-order valence-electron chi connectivity index (χ3n) is 8.31. The van der Waals surface area contributed by atoms with E-state index in [2.05, 4.69) is 0 Å². The van der Waals surface area contributed by atoms with Crippen LogP contribution in [0.5, 0.6) is 80.5 Å². The summed E-state index contributed by atoms with van der Waals surface area (Å²) >= 11 is 0. The van der Waals surface area contributed by atoms with E-state index in [4.69, 9.17) is 44.6 Å². The van der Waals surface area contributed by atoms with E-state index in [1.165, 1.54) is 0 Å². The number of ether oxygens (including phenoxy) is 7. The largest absolute Gasteiger partial charge is 0.453 e. The summed E-state index contributed by atoms with van der Waals surface area (Å²) < 4.78 is 43.8. The molecule has 8 aromatic rings. The Bertz CT molecular complexity index is 2450. The smallest absolute Gasteiger partial charge is 0.170 e. The van der Waals surface area contributed by atoms with Gasteiger partial charge >= 0.3 is 0 Å². The summed E-state index contributed by atoms with van der Waals surface area (Å²) in [5.74, 6) is 7.48. The molecule has 0 amide bonds. The molecule has 8 aromatic carbocycles. The van der Waals surface area contributed by atoms with Crippen molar-refractivity contribution in [1.82, 2.24) is 0 Å². The molecule has 0 bridgehead atoms. The second-order valence-electron chi connectivity index (χ2n) is 12.6. The second-order valence-corrected chi connectivity index (χ2v) is 12.6. The van der Waals surface area contributed by atoms with Crippen LogP contribution in [0.1, 0.15) is 0 Å². The highest BCUT2D eigenvalue weighted by atomic mass is 16.5. The Morgan fingerprint density at radius 1 is 0.211 bits per heavy atom. The topological polar surface area (TPSA) is 117 Å². The number of anilines is 2. The van der Waals surface area contributed by atoms with E-state index in [9.17, 15) is 0 Å². The average Bonchev–Trinajstić information content (AvgIpc) is 3.21. The zero-order valence-electron chi connectivity index (χ0n) is 30.5. The zero-order valence-corrected chi connectivity index (χ0v) is 30.5. The van der Waals surface area contributed by atoms with E-state index in [0.29, 0.717) is 91.9 Å². The lowest BCUT2D eigenvalue weighted by Crippen LogP contribution is -1.94. The lowest BCUT2D eigenvalue weighted by molar-refractivity contribution is 0.390. The molecule has 0 fully saturated rings. The van der Waals surface area contributed by atoms with Gasteiger partial charge in [-0.25, -0.2) is 0 Å². The van der Waals surface area contributed by atoms with Crippen LogP contribution in [0, 0.1) is 0 Å². The first-order valence-electron chi connectivity index (χ1n) is 18.0. The van der Waals surface area contributed by atoms with Gasteiger partial charge in [-0.15, -0.1) is 0 Å². The van der Waals surface area contributed by atoms with Crippen molar-refractivity contribution in [3.8, 4) is 80.5 Å². The quantitative estimate of drug-likeness (QED) is 0.105. The summed E-state index contributed by atoms with van der Waals surface area (Å²) in [7, 11) is 0. The first-order chi connectivity index (χ1) is 28.0. The number of para-hydroxylation sites is 8. The van der Waals surface area contributed by atoms with Gasteiger partial charge in [0.2, 0.25) is 0 Å². The maximum atomic E-state index is 6.43. The van der Waals surface area contributed by atoms with Gasteiger partial charge in [0, 0.05) is 35.6 Å². The summed E-state index contributed by atoms with van der Waals surface area (Å²) in [6.45, 7) is 0. The van der Waals surface area contributed by atoms with Crippen molar-refractivity contribution in [3.05, 3.63) is 194 Å². The van der Waals surface area contributed by atoms with Crippen molar-refractivity contribution in [1.29, 1.82) is 0 Å². The molecule has 0 aromatic heterocycles. The van der Waals surface area contributed by atoms with Crippen molar-refractivity contribution >= 4 is 11.4 Å². The number of benzene rings is 8. The molecule has 0 aliphatic rings. The molecule has 0 saturated carbocycles. The number of hydrogen-bond donors (Lipinski definition) is 2. The monoisotopic (exact) mass is 752 g/mol. The number of hydrogen-bond acceptors (Lipinski definition) is 9. The van der Waals surface area contributed by atoms with Crippen molar-refractivity contribution in [3.63, 3.8) is 0 Å². The van der Waals surface area contributed by atoms with Crippen molar-refractivity contribution < 1.29 is 33.2 Å². The molecule has 0 atom stereocenters. The fourth-order valence-corrected chi connectivity index (χ4v) is 5.71. The Hall–Kier alpha value is -8.04. The lowest BCUT2D eigenvalue weighted by Gasteiger charge is -2.16. The standard InChI is InChI=1S/C48H36N2O7/c49-33-13-9-15-35(29-33)51-41-21-1-3-23-43(41)53-37-17-11-19-39(31-37)55-45-25-5-7-27-47(45)57-48-28-8-6-26-46(48)56-40-20-12-18-38(32-40)54-44-24-4-2-22-42(44)52-36-16-10-14-34(50)30-36/h1-32H,49-50H2. The first-order valence-corrected chi connectivity index (χ1v) is 18.0. The summed E-state index contributed by atoms with van der Waals surface area (Å²) in [6, 6.07) is 58.7. The van der Waals surface area contributed by atoms with E-state index in [1.54, 1.807) is 36.4 Å². The summed E-state index contributed by atoms with van der Waals surface area (Å²) in [4.78, 5) is 0. The fraction of sp³-hybridized carbons (Fsp3) is 0. The minimum Gasteiger partial charge on any atom is -0.453 e. The summed E-state index contributed by atoms with van der Waals surface area (Å²) in [5.41, 5.74) is 13.1. The third-order valence-corrected chi connectivity index (χ3v) is 8.31. The molecular weight excluding hydrogens is 717 g/mol. The van der Waals surface area contributed by atoms with Crippen LogP contribution in [-0.4, -0.2) is 0 Å². The van der Waals surface area contributed by atoms with Crippen LogP contribution in [0.15, 0.2) is 194 Å². The maximum Gasteiger partial charge on any atom is 0.170 e. The molecule has 0 radical (unpaired) electrons. The van der Waals surface area contributed by atoms with Gasteiger partial charge in [0.1, 0.15) is 34.5 Å². The van der Waals surface area contributed by atoms with Gasteiger partial charge in [-0.3, -0.25) is 0 Å². The number of rotatable bonds is 14. The highest BCUT2D eigenvalue weighted by Crippen LogP contribution is 2.42.